The van der Waals surface area contributed by atoms with E-state index in [0.29, 0.717) is 24.3 Å². The van der Waals surface area contributed by atoms with Crippen LogP contribution < -0.4 is 16.0 Å². The fraction of sp³-hybridized carbons (Fsp3) is 0.450. The molecule has 0 spiro atoms. The van der Waals surface area contributed by atoms with E-state index in [1.807, 2.05) is 30.8 Å². The number of anilines is 1. The van der Waals surface area contributed by atoms with Gasteiger partial charge in [0.25, 0.3) is 5.91 Å². The second kappa shape index (κ2) is 8.24. The fourth-order valence-electron chi connectivity index (χ4n) is 3.03. The minimum absolute atomic E-state index is 0.0924. The Morgan fingerprint density at radius 2 is 2.07 bits per heavy atom. The molecule has 2 aromatic rings. The molecule has 1 fully saturated rings. The number of hydrogen-bond donors (Lipinski definition) is 3. The van der Waals surface area contributed by atoms with Crippen molar-refractivity contribution in [1.82, 2.24) is 20.4 Å². The molecule has 0 unspecified atom stereocenters. The van der Waals surface area contributed by atoms with Gasteiger partial charge in [0.2, 0.25) is 0 Å². The average Bonchev–Trinajstić information content (AvgIpc) is 3.23. The first-order chi connectivity index (χ1) is 13.0. The average molecular weight is 369 g/mol. The van der Waals surface area contributed by atoms with Crippen molar-refractivity contribution in [3.8, 4) is 0 Å². The molecule has 0 radical (unpaired) electrons. The Labute approximate surface area is 159 Å². The lowest BCUT2D eigenvalue weighted by atomic mass is 10.1. The number of urea groups is 1. The molecule has 0 bridgehead atoms. The van der Waals surface area contributed by atoms with Gasteiger partial charge in [-0.15, -0.1) is 0 Å². The first kappa shape index (κ1) is 18.9. The van der Waals surface area contributed by atoms with Crippen LogP contribution in [0.3, 0.4) is 0 Å². The summed E-state index contributed by atoms with van der Waals surface area (Å²) in [5, 5.41) is 12.9. The van der Waals surface area contributed by atoms with Gasteiger partial charge in [-0.3, -0.25) is 9.48 Å². The number of carbonyl (C=O) groups excluding carboxylic acids is 2. The van der Waals surface area contributed by atoms with Crippen molar-refractivity contribution in [2.75, 3.05) is 18.4 Å². The number of nitrogens with one attached hydrogen (secondary N) is 3. The van der Waals surface area contributed by atoms with Crippen LogP contribution in [0.25, 0.3) is 0 Å². The molecule has 1 aliphatic carbocycles. The largest absolute Gasteiger partial charge is 0.352 e. The molecule has 144 valence electrons. The maximum atomic E-state index is 12.3. The van der Waals surface area contributed by atoms with Crippen molar-refractivity contribution >= 4 is 17.6 Å². The van der Waals surface area contributed by atoms with Crippen LogP contribution in [-0.2, 0) is 6.54 Å². The summed E-state index contributed by atoms with van der Waals surface area (Å²) >= 11 is 0. The molecular formula is C20H27N5O2. The lowest BCUT2D eigenvalue weighted by Crippen LogP contribution is -2.35. The van der Waals surface area contributed by atoms with Gasteiger partial charge in [-0.05, 0) is 56.0 Å². The topological polar surface area (TPSA) is 88.0 Å². The van der Waals surface area contributed by atoms with Gasteiger partial charge in [0.05, 0.1) is 0 Å². The van der Waals surface area contributed by atoms with Crippen LogP contribution in [0.15, 0.2) is 36.7 Å². The van der Waals surface area contributed by atoms with Crippen LogP contribution in [0, 0.1) is 12.3 Å². The number of carbonyl (C=O) groups is 2. The minimum Gasteiger partial charge on any atom is -0.352 e. The SMILES string of the molecule is CCCNC(=O)c1ccc(NC(=O)NCC2(Cn3cccn3)CC2)c(C)c1. The number of nitrogens with zero attached hydrogens (tertiary/aromatic N) is 2. The van der Waals surface area contributed by atoms with Crippen molar-refractivity contribution in [2.24, 2.45) is 5.41 Å². The van der Waals surface area contributed by atoms with E-state index in [0.717, 1.165) is 31.4 Å². The zero-order valence-electron chi connectivity index (χ0n) is 15.9. The molecule has 3 amide bonds. The molecule has 7 nitrogen and oxygen atoms in total. The van der Waals surface area contributed by atoms with E-state index in [1.54, 1.807) is 24.4 Å². The lowest BCUT2D eigenvalue weighted by molar-refractivity contribution is 0.0953. The van der Waals surface area contributed by atoms with E-state index in [4.69, 9.17) is 0 Å². The predicted molar refractivity (Wildman–Crippen MR) is 105 cm³/mol. The summed E-state index contributed by atoms with van der Waals surface area (Å²) in [5.74, 6) is -0.0924. The quantitative estimate of drug-likeness (QED) is 0.668. The molecular weight excluding hydrogens is 342 g/mol. The van der Waals surface area contributed by atoms with E-state index >= 15 is 0 Å². The van der Waals surface area contributed by atoms with Crippen LogP contribution in [0.2, 0.25) is 0 Å². The Bertz CT molecular complexity index is 797. The third kappa shape index (κ3) is 5.09. The highest BCUT2D eigenvalue weighted by atomic mass is 16.2. The smallest absolute Gasteiger partial charge is 0.319 e. The Morgan fingerprint density at radius 1 is 1.26 bits per heavy atom. The van der Waals surface area contributed by atoms with Gasteiger partial charge in [0.1, 0.15) is 0 Å². The molecule has 1 aliphatic rings. The summed E-state index contributed by atoms with van der Waals surface area (Å²) in [5.41, 5.74) is 2.27. The summed E-state index contributed by atoms with van der Waals surface area (Å²) in [6.07, 6.45) is 6.79. The summed E-state index contributed by atoms with van der Waals surface area (Å²) in [6, 6.07) is 6.97. The molecule has 7 heteroatoms. The van der Waals surface area contributed by atoms with Crippen molar-refractivity contribution in [3.63, 3.8) is 0 Å². The molecule has 27 heavy (non-hydrogen) atoms. The van der Waals surface area contributed by atoms with E-state index in [-0.39, 0.29) is 17.4 Å². The van der Waals surface area contributed by atoms with Crippen molar-refractivity contribution in [2.45, 2.75) is 39.7 Å². The zero-order chi connectivity index (χ0) is 19.3. The highest BCUT2D eigenvalue weighted by Crippen LogP contribution is 2.46. The Morgan fingerprint density at radius 3 is 2.70 bits per heavy atom. The van der Waals surface area contributed by atoms with E-state index in [2.05, 4.69) is 21.0 Å². The number of rotatable bonds is 8. The van der Waals surface area contributed by atoms with Crippen LogP contribution >= 0.6 is 0 Å². The van der Waals surface area contributed by atoms with Crippen molar-refractivity contribution in [1.29, 1.82) is 0 Å². The lowest BCUT2D eigenvalue weighted by Gasteiger charge is -2.17. The molecule has 1 aromatic heterocycles. The third-order valence-electron chi connectivity index (χ3n) is 4.91. The van der Waals surface area contributed by atoms with Crippen molar-refractivity contribution in [3.05, 3.63) is 47.8 Å². The third-order valence-corrected chi connectivity index (χ3v) is 4.91. The Kier molecular flexibility index (Phi) is 5.78. The molecule has 1 aromatic carbocycles. The monoisotopic (exact) mass is 369 g/mol. The first-order valence-electron chi connectivity index (χ1n) is 9.42. The maximum Gasteiger partial charge on any atom is 0.319 e. The molecule has 1 saturated carbocycles. The van der Waals surface area contributed by atoms with Gasteiger partial charge in [0, 0.05) is 48.7 Å². The number of hydrogen-bond acceptors (Lipinski definition) is 3. The minimum atomic E-state index is -0.229. The van der Waals surface area contributed by atoms with E-state index in [1.165, 1.54) is 0 Å². The van der Waals surface area contributed by atoms with Gasteiger partial charge < -0.3 is 16.0 Å². The summed E-state index contributed by atoms with van der Waals surface area (Å²) in [7, 11) is 0. The first-order valence-corrected chi connectivity index (χ1v) is 9.42. The number of aryl methyl sites for hydroxylation is 1. The highest BCUT2D eigenvalue weighted by Gasteiger charge is 2.43. The number of amides is 3. The zero-order valence-corrected chi connectivity index (χ0v) is 15.9. The Hall–Kier alpha value is -2.83. The molecule has 3 rings (SSSR count). The van der Waals surface area contributed by atoms with Crippen LogP contribution in [0.5, 0.6) is 0 Å². The van der Waals surface area contributed by atoms with Crippen LogP contribution in [0.1, 0.15) is 42.1 Å². The molecule has 0 saturated heterocycles. The summed E-state index contributed by atoms with van der Waals surface area (Å²) in [6.45, 7) is 5.99. The van der Waals surface area contributed by atoms with Gasteiger partial charge in [-0.25, -0.2) is 4.79 Å². The highest BCUT2D eigenvalue weighted by molar-refractivity contribution is 5.96. The molecule has 1 heterocycles. The second-order valence-electron chi connectivity index (χ2n) is 7.30. The molecule has 0 atom stereocenters. The van der Waals surface area contributed by atoms with Gasteiger partial charge >= 0.3 is 6.03 Å². The van der Waals surface area contributed by atoms with Gasteiger partial charge in [-0.1, -0.05) is 6.92 Å². The maximum absolute atomic E-state index is 12.3. The number of benzene rings is 1. The number of aromatic nitrogens is 2. The molecule has 0 aliphatic heterocycles. The van der Waals surface area contributed by atoms with Gasteiger partial charge in [-0.2, -0.15) is 5.10 Å². The molecule has 3 N–H and O–H groups in total. The predicted octanol–water partition coefficient (Wildman–Crippen LogP) is 2.93. The second-order valence-corrected chi connectivity index (χ2v) is 7.30. The van der Waals surface area contributed by atoms with Crippen LogP contribution in [0.4, 0.5) is 10.5 Å². The fourth-order valence-corrected chi connectivity index (χ4v) is 3.03. The van der Waals surface area contributed by atoms with E-state index < -0.39 is 0 Å². The van der Waals surface area contributed by atoms with Crippen LogP contribution in [-0.4, -0.2) is 34.8 Å². The van der Waals surface area contributed by atoms with E-state index in [9.17, 15) is 9.59 Å². The summed E-state index contributed by atoms with van der Waals surface area (Å²) < 4.78 is 1.92. The van der Waals surface area contributed by atoms with Crippen molar-refractivity contribution < 1.29 is 9.59 Å². The Balaban J connectivity index is 1.51. The van der Waals surface area contributed by atoms with Gasteiger partial charge in [0.15, 0.2) is 0 Å². The standard InChI is InChI=1S/C20H27N5O2/c1-3-9-21-18(26)16-5-6-17(15(2)12-16)24-19(27)22-13-20(7-8-20)14-25-11-4-10-23-25/h4-6,10-12H,3,7-9,13-14H2,1-2H3,(H,21,26)(H2,22,24,27). The summed E-state index contributed by atoms with van der Waals surface area (Å²) in [4.78, 5) is 24.3. The normalized spacial score (nSPS) is 14.4.